The Morgan fingerprint density at radius 2 is 1.95 bits per heavy atom. The number of hydrogen-bond donors (Lipinski definition) is 0. The summed E-state index contributed by atoms with van der Waals surface area (Å²) in [5.74, 6) is -0.261. The van der Waals surface area contributed by atoms with Crippen LogP contribution in [0.25, 0.3) is 0 Å². The quantitative estimate of drug-likeness (QED) is 0.753. The minimum atomic E-state index is -0.310. The highest BCUT2D eigenvalue weighted by molar-refractivity contribution is 9.10. The number of halogens is 2. The largest absolute Gasteiger partial charge is 0.294 e. The number of benzene rings is 2. The van der Waals surface area contributed by atoms with E-state index in [0.717, 1.165) is 22.3 Å². The lowest BCUT2D eigenvalue weighted by molar-refractivity contribution is 0.0992. The molecule has 0 aliphatic heterocycles. The van der Waals surface area contributed by atoms with Gasteiger partial charge in [-0.2, -0.15) is 0 Å². The van der Waals surface area contributed by atoms with E-state index in [-0.39, 0.29) is 18.0 Å². The Morgan fingerprint density at radius 1 is 1.21 bits per heavy atom. The van der Waals surface area contributed by atoms with Crippen LogP contribution in [-0.4, -0.2) is 5.78 Å². The molecule has 0 saturated carbocycles. The molecule has 2 aromatic rings. The summed E-state index contributed by atoms with van der Waals surface area (Å²) in [6, 6.07) is 10.1. The molecule has 3 heteroatoms. The van der Waals surface area contributed by atoms with Crippen molar-refractivity contribution in [2.75, 3.05) is 0 Å². The van der Waals surface area contributed by atoms with Crippen molar-refractivity contribution in [2.45, 2.75) is 20.3 Å². The maximum Gasteiger partial charge on any atom is 0.167 e. The molecule has 0 N–H and O–H groups in total. The molecule has 0 amide bonds. The van der Waals surface area contributed by atoms with Gasteiger partial charge in [-0.1, -0.05) is 40.2 Å². The first-order valence-electron chi connectivity index (χ1n) is 6.02. The Bertz CT molecular complexity index is 635. The van der Waals surface area contributed by atoms with Crippen molar-refractivity contribution in [3.05, 3.63) is 68.9 Å². The highest BCUT2D eigenvalue weighted by Crippen LogP contribution is 2.21. The Balaban J connectivity index is 2.28. The first-order chi connectivity index (χ1) is 8.99. The minimum Gasteiger partial charge on any atom is -0.294 e. The van der Waals surface area contributed by atoms with E-state index < -0.39 is 0 Å². The van der Waals surface area contributed by atoms with Crippen LogP contribution in [0.1, 0.15) is 27.0 Å². The summed E-state index contributed by atoms with van der Waals surface area (Å²) < 4.78 is 13.6. The third-order valence-electron chi connectivity index (χ3n) is 3.27. The van der Waals surface area contributed by atoms with E-state index in [9.17, 15) is 9.18 Å². The minimum absolute atomic E-state index is 0.0495. The summed E-state index contributed by atoms with van der Waals surface area (Å²) in [5, 5.41) is 0. The van der Waals surface area contributed by atoms with Crippen LogP contribution in [0, 0.1) is 19.7 Å². The number of hydrogen-bond acceptors (Lipinski definition) is 1. The number of Topliss-reactive ketones (excluding diaryl/α,β-unsaturated/α-hetero) is 1. The maximum absolute atomic E-state index is 13.0. The number of ketones is 1. The Hall–Kier alpha value is -1.48. The molecule has 19 heavy (non-hydrogen) atoms. The summed E-state index contributed by atoms with van der Waals surface area (Å²) in [5.41, 5.74) is 3.64. The number of carbonyl (C=O) groups is 1. The second kappa shape index (κ2) is 5.66. The van der Waals surface area contributed by atoms with Crippen molar-refractivity contribution < 1.29 is 9.18 Å². The normalized spacial score (nSPS) is 10.5. The third kappa shape index (κ3) is 3.10. The molecule has 2 rings (SSSR count). The molecule has 0 aliphatic rings. The van der Waals surface area contributed by atoms with Crippen LogP contribution in [0.3, 0.4) is 0 Å². The number of aryl methyl sites for hydroxylation is 1. The van der Waals surface area contributed by atoms with Gasteiger partial charge in [0.2, 0.25) is 0 Å². The van der Waals surface area contributed by atoms with Gasteiger partial charge in [0.25, 0.3) is 0 Å². The van der Waals surface area contributed by atoms with Crippen LogP contribution in [0.5, 0.6) is 0 Å². The molecule has 0 spiro atoms. The molecule has 0 fully saturated rings. The highest BCUT2D eigenvalue weighted by Gasteiger charge is 2.13. The monoisotopic (exact) mass is 320 g/mol. The Morgan fingerprint density at radius 3 is 2.63 bits per heavy atom. The highest BCUT2D eigenvalue weighted by atomic mass is 79.9. The van der Waals surface area contributed by atoms with Gasteiger partial charge in [0, 0.05) is 16.5 Å². The smallest absolute Gasteiger partial charge is 0.167 e. The lowest BCUT2D eigenvalue weighted by Crippen LogP contribution is -2.07. The molecule has 0 heterocycles. The van der Waals surface area contributed by atoms with Crippen molar-refractivity contribution in [2.24, 2.45) is 0 Å². The van der Waals surface area contributed by atoms with Crippen LogP contribution in [0.4, 0.5) is 4.39 Å². The summed E-state index contributed by atoms with van der Waals surface area (Å²) in [4.78, 5) is 12.3. The van der Waals surface area contributed by atoms with Crippen molar-refractivity contribution in [3.8, 4) is 0 Å². The molecule has 0 aromatic heterocycles. The summed E-state index contributed by atoms with van der Waals surface area (Å²) >= 11 is 3.29. The van der Waals surface area contributed by atoms with Gasteiger partial charge < -0.3 is 0 Å². The molecule has 2 aromatic carbocycles. The fourth-order valence-electron chi connectivity index (χ4n) is 1.99. The zero-order valence-electron chi connectivity index (χ0n) is 10.8. The van der Waals surface area contributed by atoms with Gasteiger partial charge in [0.15, 0.2) is 5.78 Å². The van der Waals surface area contributed by atoms with Gasteiger partial charge in [0.1, 0.15) is 5.82 Å². The number of carbonyl (C=O) groups excluding carboxylic acids is 1. The Labute approximate surface area is 120 Å². The van der Waals surface area contributed by atoms with Crippen molar-refractivity contribution in [1.29, 1.82) is 0 Å². The van der Waals surface area contributed by atoms with Crippen molar-refractivity contribution in [1.82, 2.24) is 0 Å². The second-order valence-corrected chi connectivity index (χ2v) is 5.44. The standard InChI is InChI=1S/C16H14BrFO/c1-10-4-3-5-14(11(10)2)16(19)8-12-6-7-13(18)9-15(12)17/h3-7,9H,8H2,1-2H3. The zero-order chi connectivity index (χ0) is 14.0. The van der Waals surface area contributed by atoms with Crippen LogP contribution >= 0.6 is 15.9 Å². The van der Waals surface area contributed by atoms with Crippen molar-refractivity contribution >= 4 is 21.7 Å². The van der Waals surface area contributed by atoms with E-state index in [0.29, 0.717) is 4.47 Å². The third-order valence-corrected chi connectivity index (χ3v) is 4.01. The van der Waals surface area contributed by atoms with Crippen molar-refractivity contribution in [3.63, 3.8) is 0 Å². The fraction of sp³-hybridized carbons (Fsp3) is 0.188. The average molecular weight is 321 g/mol. The molecular weight excluding hydrogens is 307 g/mol. The lowest BCUT2D eigenvalue weighted by atomic mass is 9.96. The summed E-state index contributed by atoms with van der Waals surface area (Å²) in [7, 11) is 0. The predicted molar refractivity (Wildman–Crippen MR) is 78.1 cm³/mol. The zero-order valence-corrected chi connectivity index (χ0v) is 12.4. The van der Waals surface area contributed by atoms with E-state index in [1.807, 2.05) is 32.0 Å². The molecular formula is C16H14BrFO. The SMILES string of the molecule is Cc1cccc(C(=O)Cc2ccc(F)cc2Br)c1C. The number of rotatable bonds is 3. The molecule has 0 radical (unpaired) electrons. The van der Waals surface area contributed by atoms with Gasteiger partial charge in [-0.3, -0.25) is 4.79 Å². The molecule has 0 saturated heterocycles. The van der Waals surface area contributed by atoms with Crippen LogP contribution in [0.15, 0.2) is 40.9 Å². The van der Waals surface area contributed by atoms with Gasteiger partial charge in [-0.25, -0.2) is 4.39 Å². The lowest BCUT2D eigenvalue weighted by Gasteiger charge is -2.08. The van der Waals surface area contributed by atoms with E-state index in [1.165, 1.54) is 12.1 Å². The van der Waals surface area contributed by atoms with E-state index in [1.54, 1.807) is 6.07 Å². The first kappa shape index (κ1) is 13.9. The molecule has 98 valence electrons. The van der Waals surface area contributed by atoms with E-state index in [4.69, 9.17) is 0 Å². The first-order valence-corrected chi connectivity index (χ1v) is 6.81. The van der Waals surface area contributed by atoms with Crippen LogP contribution in [-0.2, 0) is 6.42 Å². The van der Waals surface area contributed by atoms with Crippen LogP contribution in [0.2, 0.25) is 0 Å². The summed E-state index contributed by atoms with van der Waals surface area (Å²) in [6.07, 6.45) is 0.269. The molecule has 1 nitrogen and oxygen atoms in total. The molecule has 0 unspecified atom stereocenters. The van der Waals surface area contributed by atoms with Gasteiger partial charge in [-0.15, -0.1) is 0 Å². The molecule has 0 bridgehead atoms. The molecule has 0 atom stereocenters. The van der Waals surface area contributed by atoms with E-state index >= 15 is 0 Å². The summed E-state index contributed by atoms with van der Waals surface area (Å²) in [6.45, 7) is 3.93. The fourth-order valence-corrected chi connectivity index (χ4v) is 2.48. The Kier molecular flexibility index (Phi) is 4.15. The predicted octanol–water partition coefficient (Wildman–Crippen LogP) is 4.63. The van der Waals surface area contributed by atoms with Gasteiger partial charge in [-0.05, 0) is 42.7 Å². The van der Waals surface area contributed by atoms with Crippen LogP contribution < -0.4 is 0 Å². The topological polar surface area (TPSA) is 17.1 Å². The average Bonchev–Trinajstić information content (AvgIpc) is 2.36. The maximum atomic E-state index is 13.0. The molecule has 0 aliphatic carbocycles. The van der Waals surface area contributed by atoms with Gasteiger partial charge >= 0.3 is 0 Å². The van der Waals surface area contributed by atoms with Gasteiger partial charge in [0.05, 0.1) is 0 Å². The second-order valence-electron chi connectivity index (χ2n) is 4.58. The van der Waals surface area contributed by atoms with E-state index in [2.05, 4.69) is 15.9 Å².